The van der Waals surface area contributed by atoms with Crippen molar-refractivity contribution in [1.82, 2.24) is 0 Å². The summed E-state index contributed by atoms with van der Waals surface area (Å²) in [6.45, 7) is 0. The number of benzene rings is 2. The minimum absolute atomic E-state index is 0.100. The van der Waals surface area contributed by atoms with E-state index in [1.807, 2.05) is 0 Å². The Morgan fingerprint density at radius 2 is 1.80 bits per heavy atom. The first-order valence-corrected chi connectivity index (χ1v) is 6.67. The van der Waals surface area contributed by atoms with Crippen LogP contribution in [-0.2, 0) is 4.79 Å². The van der Waals surface area contributed by atoms with Gasteiger partial charge in [0.15, 0.2) is 0 Å². The van der Waals surface area contributed by atoms with Gasteiger partial charge in [-0.2, -0.15) is 0 Å². The topological polar surface area (TPSA) is 29.1 Å². The summed E-state index contributed by atoms with van der Waals surface area (Å²) in [5.74, 6) is -2.44. The highest BCUT2D eigenvalue weighted by Crippen LogP contribution is 2.22. The van der Waals surface area contributed by atoms with E-state index in [0.717, 1.165) is 30.0 Å². The van der Waals surface area contributed by atoms with Crippen LogP contribution in [0.15, 0.2) is 47.4 Å². The fraction of sp³-hybridized carbons (Fsp3) is 0.0714. The average molecular weight is 297 g/mol. The standard InChI is InChI=1S/C14H10F3NOS/c15-9-5-6-10(16)12(7-9)18-14(19)8-20-13-4-2-1-3-11(13)17/h1-7H,8H2,(H,18,19). The maximum absolute atomic E-state index is 13.3. The predicted molar refractivity (Wildman–Crippen MR) is 72.1 cm³/mol. The quantitative estimate of drug-likeness (QED) is 0.869. The van der Waals surface area contributed by atoms with Gasteiger partial charge in [0.05, 0.1) is 11.4 Å². The van der Waals surface area contributed by atoms with E-state index in [9.17, 15) is 18.0 Å². The molecule has 6 heteroatoms. The molecule has 2 aromatic rings. The number of rotatable bonds is 4. The lowest BCUT2D eigenvalue weighted by Gasteiger charge is -2.06. The third-order valence-electron chi connectivity index (χ3n) is 2.40. The number of halogens is 3. The Kier molecular flexibility index (Phi) is 4.68. The van der Waals surface area contributed by atoms with Gasteiger partial charge < -0.3 is 5.32 Å². The van der Waals surface area contributed by atoms with E-state index in [-0.39, 0.29) is 11.4 Å². The molecule has 0 aliphatic heterocycles. The molecule has 0 fully saturated rings. The summed E-state index contributed by atoms with van der Waals surface area (Å²) in [6.07, 6.45) is 0. The van der Waals surface area contributed by atoms with E-state index in [1.54, 1.807) is 12.1 Å². The molecule has 0 bridgehead atoms. The van der Waals surface area contributed by atoms with Crippen molar-refractivity contribution in [3.63, 3.8) is 0 Å². The lowest BCUT2D eigenvalue weighted by molar-refractivity contribution is -0.113. The molecule has 0 aliphatic rings. The molecule has 20 heavy (non-hydrogen) atoms. The lowest BCUT2D eigenvalue weighted by atomic mass is 10.3. The van der Waals surface area contributed by atoms with E-state index in [4.69, 9.17) is 0 Å². The molecule has 1 N–H and O–H groups in total. The zero-order valence-electron chi connectivity index (χ0n) is 10.2. The van der Waals surface area contributed by atoms with Crippen molar-refractivity contribution in [2.24, 2.45) is 0 Å². The first-order valence-electron chi connectivity index (χ1n) is 5.68. The highest BCUT2D eigenvalue weighted by atomic mass is 32.2. The van der Waals surface area contributed by atoms with Gasteiger partial charge in [0.25, 0.3) is 0 Å². The number of nitrogens with one attached hydrogen (secondary N) is 1. The molecule has 0 saturated carbocycles. The maximum atomic E-state index is 13.3. The normalized spacial score (nSPS) is 10.3. The molecule has 0 saturated heterocycles. The van der Waals surface area contributed by atoms with Crippen molar-refractivity contribution in [2.75, 3.05) is 11.1 Å². The summed E-state index contributed by atoms with van der Waals surface area (Å²) in [5.41, 5.74) is -0.232. The Labute approximate surface area is 118 Å². The van der Waals surface area contributed by atoms with Crippen LogP contribution in [0.5, 0.6) is 0 Å². The van der Waals surface area contributed by atoms with Crippen LogP contribution < -0.4 is 5.32 Å². The fourth-order valence-corrected chi connectivity index (χ4v) is 2.22. The molecular formula is C14H10F3NOS. The molecule has 0 radical (unpaired) electrons. The second-order valence-electron chi connectivity index (χ2n) is 3.89. The number of thioether (sulfide) groups is 1. The van der Waals surface area contributed by atoms with Crippen LogP contribution in [0.3, 0.4) is 0 Å². The smallest absolute Gasteiger partial charge is 0.234 e. The third kappa shape index (κ3) is 3.77. The van der Waals surface area contributed by atoms with Crippen molar-refractivity contribution in [1.29, 1.82) is 0 Å². The highest BCUT2D eigenvalue weighted by molar-refractivity contribution is 8.00. The molecule has 0 atom stereocenters. The van der Waals surface area contributed by atoms with E-state index in [1.165, 1.54) is 12.1 Å². The van der Waals surface area contributed by atoms with Crippen LogP contribution in [0.2, 0.25) is 0 Å². The predicted octanol–water partition coefficient (Wildman–Crippen LogP) is 3.83. The van der Waals surface area contributed by atoms with Crippen LogP contribution in [-0.4, -0.2) is 11.7 Å². The van der Waals surface area contributed by atoms with Gasteiger partial charge in [-0.3, -0.25) is 4.79 Å². The van der Waals surface area contributed by atoms with Gasteiger partial charge in [-0.25, -0.2) is 13.2 Å². The number of amides is 1. The number of hydrogen-bond donors (Lipinski definition) is 1. The highest BCUT2D eigenvalue weighted by Gasteiger charge is 2.10. The Morgan fingerprint density at radius 3 is 2.55 bits per heavy atom. The number of carbonyl (C=O) groups is 1. The van der Waals surface area contributed by atoms with E-state index in [0.29, 0.717) is 4.90 Å². The van der Waals surface area contributed by atoms with Crippen molar-refractivity contribution in [3.8, 4) is 0 Å². The second-order valence-corrected chi connectivity index (χ2v) is 4.91. The van der Waals surface area contributed by atoms with Crippen molar-refractivity contribution in [3.05, 3.63) is 59.9 Å². The molecule has 2 rings (SSSR count). The number of hydrogen-bond acceptors (Lipinski definition) is 2. The van der Waals surface area contributed by atoms with Gasteiger partial charge in [-0.1, -0.05) is 12.1 Å². The van der Waals surface area contributed by atoms with Crippen molar-refractivity contribution in [2.45, 2.75) is 4.90 Å². The van der Waals surface area contributed by atoms with Gasteiger partial charge in [0.2, 0.25) is 5.91 Å². The second kappa shape index (κ2) is 6.47. The van der Waals surface area contributed by atoms with Crippen LogP contribution in [0.1, 0.15) is 0 Å². The Balaban J connectivity index is 1.96. The van der Waals surface area contributed by atoms with Gasteiger partial charge >= 0.3 is 0 Å². The Hall–Kier alpha value is -1.95. The van der Waals surface area contributed by atoms with Gasteiger partial charge in [-0.05, 0) is 24.3 Å². The van der Waals surface area contributed by atoms with Crippen LogP contribution in [0, 0.1) is 17.5 Å². The summed E-state index contributed by atoms with van der Waals surface area (Å²) in [4.78, 5) is 11.9. The fourth-order valence-electron chi connectivity index (χ4n) is 1.48. The van der Waals surface area contributed by atoms with E-state index in [2.05, 4.69) is 5.32 Å². The summed E-state index contributed by atoms with van der Waals surface area (Å²) < 4.78 is 39.6. The lowest BCUT2D eigenvalue weighted by Crippen LogP contribution is -2.15. The first kappa shape index (κ1) is 14.5. The largest absolute Gasteiger partial charge is 0.323 e. The van der Waals surface area contributed by atoms with E-state index < -0.39 is 23.4 Å². The van der Waals surface area contributed by atoms with Crippen LogP contribution in [0.4, 0.5) is 18.9 Å². The van der Waals surface area contributed by atoms with Gasteiger partial charge in [-0.15, -0.1) is 11.8 Å². The van der Waals surface area contributed by atoms with Crippen LogP contribution in [0.25, 0.3) is 0 Å². The van der Waals surface area contributed by atoms with E-state index >= 15 is 0 Å². The molecule has 0 heterocycles. The molecule has 104 valence electrons. The summed E-state index contributed by atoms with van der Waals surface area (Å²) in [7, 11) is 0. The number of carbonyl (C=O) groups excluding carboxylic acids is 1. The maximum Gasteiger partial charge on any atom is 0.234 e. The molecule has 0 aromatic heterocycles. The summed E-state index contributed by atoms with van der Waals surface area (Å²) in [5, 5.41) is 2.24. The average Bonchev–Trinajstić information content (AvgIpc) is 2.42. The third-order valence-corrected chi connectivity index (χ3v) is 3.45. The summed E-state index contributed by atoms with van der Waals surface area (Å²) in [6, 6.07) is 8.79. The molecule has 0 aliphatic carbocycles. The minimum Gasteiger partial charge on any atom is -0.323 e. The monoisotopic (exact) mass is 297 g/mol. The molecule has 2 nitrogen and oxygen atoms in total. The molecule has 0 unspecified atom stereocenters. The molecule has 0 spiro atoms. The van der Waals surface area contributed by atoms with Gasteiger partial charge in [0, 0.05) is 11.0 Å². The zero-order valence-corrected chi connectivity index (χ0v) is 11.0. The minimum atomic E-state index is -0.726. The van der Waals surface area contributed by atoms with Crippen LogP contribution >= 0.6 is 11.8 Å². The van der Waals surface area contributed by atoms with Crippen molar-refractivity contribution >= 4 is 23.4 Å². The molecule has 1 amide bonds. The first-order chi connectivity index (χ1) is 9.56. The summed E-state index contributed by atoms with van der Waals surface area (Å²) >= 11 is 0.981. The van der Waals surface area contributed by atoms with Crippen molar-refractivity contribution < 1.29 is 18.0 Å². The SMILES string of the molecule is O=C(CSc1ccccc1F)Nc1cc(F)ccc1F. The molecule has 2 aromatic carbocycles. The number of anilines is 1. The Bertz CT molecular complexity index is 634. The molecular weight excluding hydrogens is 287 g/mol. The Morgan fingerprint density at radius 1 is 1.05 bits per heavy atom. The van der Waals surface area contributed by atoms with Gasteiger partial charge in [0.1, 0.15) is 17.5 Å². The zero-order chi connectivity index (χ0) is 14.5.